The van der Waals surface area contributed by atoms with Gasteiger partial charge in [0.15, 0.2) is 0 Å². The van der Waals surface area contributed by atoms with Gasteiger partial charge in [0.1, 0.15) is 0 Å². The Morgan fingerprint density at radius 3 is 1.38 bits per heavy atom. The molecule has 0 radical (unpaired) electrons. The molecule has 8 aromatic carbocycles. The third kappa shape index (κ3) is 4.13. The third-order valence-corrected chi connectivity index (χ3v) is 9.88. The summed E-state index contributed by atoms with van der Waals surface area (Å²) in [5.74, 6) is 0. The van der Waals surface area contributed by atoms with Crippen LogP contribution in [0, 0.1) is 0 Å². The van der Waals surface area contributed by atoms with E-state index in [0.29, 0.717) is 0 Å². The van der Waals surface area contributed by atoms with Crippen LogP contribution in [0.1, 0.15) is 0 Å². The zero-order valence-electron chi connectivity index (χ0n) is 26.2. The van der Waals surface area contributed by atoms with Crippen molar-refractivity contribution in [2.24, 2.45) is 0 Å². The molecule has 10 aromatic rings. The van der Waals surface area contributed by atoms with Gasteiger partial charge in [0.2, 0.25) is 0 Å². The van der Waals surface area contributed by atoms with E-state index in [1.807, 2.05) is 0 Å². The van der Waals surface area contributed by atoms with E-state index in [0.717, 1.165) is 0 Å². The van der Waals surface area contributed by atoms with Crippen molar-refractivity contribution in [3.05, 3.63) is 182 Å². The van der Waals surface area contributed by atoms with Gasteiger partial charge < -0.3 is 9.13 Å². The fraction of sp³-hybridized carbons (Fsp3) is 0. The van der Waals surface area contributed by atoms with Crippen molar-refractivity contribution in [3.63, 3.8) is 0 Å². The summed E-state index contributed by atoms with van der Waals surface area (Å²) in [6.45, 7) is 0. The molecule has 0 aliphatic heterocycles. The molecular formula is C46H30N2. The lowest BCUT2D eigenvalue weighted by atomic mass is 10.0. The van der Waals surface area contributed by atoms with Crippen molar-refractivity contribution >= 4 is 54.4 Å². The summed E-state index contributed by atoms with van der Waals surface area (Å²) >= 11 is 0. The van der Waals surface area contributed by atoms with Crippen molar-refractivity contribution in [2.75, 3.05) is 0 Å². The monoisotopic (exact) mass is 610 g/mol. The van der Waals surface area contributed by atoms with Crippen LogP contribution >= 0.6 is 0 Å². The first-order valence-electron chi connectivity index (χ1n) is 16.5. The Balaban J connectivity index is 1.14. The minimum Gasteiger partial charge on any atom is -0.309 e. The lowest BCUT2D eigenvalue weighted by molar-refractivity contribution is 1.18. The van der Waals surface area contributed by atoms with Crippen LogP contribution in [0.5, 0.6) is 0 Å². The predicted molar refractivity (Wildman–Crippen MR) is 203 cm³/mol. The van der Waals surface area contributed by atoms with Crippen LogP contribution in [-0.2, 0) is 0 Å². The van der Waals surface area contributed by atoms with E-state index in [-0.39, 0.29) is 0 Å². The molecule has 48 heavy (non-hydrogen) atoms. The minimum absolute atomic E-state index is 1.17. The zero-order chi connectivity index (χ0) is 31.6. The van der Waals surface area contributed by atoms with Crippen LogP contribution < -0.4 is 0 Å². The number of fused-ring (bicyclic) bond motifs is 7. The lowest BCUT2D eigenvalue weighted by Gasteiger charge is -2.11. The standard InChI is InChI=1S/C46H30N2/c1-3-11-31(12-4-1)33-20-19-32-21-24-38(28-36(32)27-33)48-44-18-10-8-16-40(44)42-30-35(23-26-46(42)48)34-22-25-45-41(29-34)39-15-7-9-17-43(39)47(45)37-13-5-2-6-14-37/h1-30H. The van der Waals surface area contributed by atoms with Gasteiger partial charge in [-0.25, -0.2) is 0 Å². The summed E-state index contributed by atoms with van der Waals surface area (Å²) in [6, 6.07) is 66.2. The maximum atomic E-state index is 2.42. The second kappa shape index (κ2) is 10.6. The zero-order valence-corrected chi connectivity index (χ0v) is 26.2. The average molecular weight is 611 g/mol. The molecule has 224 valence electrons. The first-order valence-corrected chi connectivity index (χ1v) is 16.5. The number of para-hydroxylation sites is 3. The number of aromatic nitrogens is 2. The van der Waals surface area contributed by atoms with Crippen LogP contribution in [0.4, 0.5) is 0 Å². The quantitative estimate of drug-likeness (QED) is 0.188. The van der Waals surface area contributed by atoms with Crippen LogP contribution in [-0.4, -0.2) is 9.13 Å². The Hall–Kier alpha value is -6.38. The van der Waals surface area contributed by atoms with Gasteiger partial charge >= 0.3 is 0 Å². The topological polar surface area (TPSA) is 9.86 Å². The van der Waals surface area contributed by atoms with Crippen LogP contribution in [0.15, 0.2) is 182 Å². The molecule has 0 bridgehead atoms. The predicted octanol–water partition coefficient (Wildman–Crippen LogP) is 12.4. The Labute approximate surface area is 278 Å². The Morgan fingerprint density at radius 1 is 0.250 bits per heavy atom. The van der Waals surface area contributed by atoms with Crippen molar-refractivity contribution in [1.82, 2.24) is 9.13 Å². The maximum absolute atomic E-state index is 2.42. The van der Waals surface area contributed by atoms with Crippen molar-refractivity contribution in [2.45, 2.75) is 0 Å². The number of nitrogens with zero attached hydrogens (tertiary/aromatic N) is 2. The van der Waals surface area contributed by atoms with Gasteiger partial charge in [-0.05, 0) is 99.8 Å². The van der Waals surface area contributed by atoms with Crippen LogP contribution in [0.25, 0.3) is 88.0 Å². The Morgan fingerprint density at radius 2 is 0.729 bits per heavy atom. The molecule has 2 heterocycles. The number of benzene rings is 8. The molecule has 0 N–H and O–H groups in total. The molecule has 0 unspecified atom stereocenters. The van der Waals surface area contributed by atoms with Crippen molar-refractivity contribution in [3.8, 4) is 33.6 Å². The summed E-state index contributed by atoms with van der Waals surface area (Å²) < 4.78 is 4.79. The Bertz CT molecular complexity index is 2820. The molecule has 0 aliphatic rings. The summed E-state index contributed by atoms with van der Waals surface area (Å²) in [5.41, 5.74) is 12.1. The molecule has 2 aromatic heterocycles. The largest absolute Gasteiger partial charge is 0.309 e. The van der Waals surface area contributed by atoms with E-state index in [4.69, 9.17) is 0 Å². The molecule has 0 aliphatic carbocycles. The van der Waals surface area contributed by atoms with E-state index in [1.165, 1.54) is 88.0 Å². The van der Waals surface area contributed by atoms with Gasteiger partial charge in [-0.3, -0.25) is 0 Å². The van der Waals surface area contributed by atoms with E-state index in [9.17, 15) is 0 Å². The molecular weight excluding hydrogens is 581 g/mol. The van der Waals surface area contributed by atoms with Gasteiger partial charge in [-0.15, -0.1) is 0 Å². The van der Waals surface area contributed by atoms with E-state index < -0.39 is 0 Å². The maximum Gasteiger partial charge on any atom is 0.0541 e. The fourth-order valence-corrected chi connectivity index (χ4v) is 7.62. The Kier molecular flexibility index (Phi) is 5.91. The average Bonchev–Trinajstić information content (AvgIpc) is 3.67. The molecule has 0 atom stereocenters. The van der Waals surface area contributed by atoms with Gasteiger partial charge in [-0.2, -0.15) is 0 Å². The highest BCUT2D eigenvalue weighted by atomic mass is 15.0. The van der Waals surface area contributed by atoms with E-state index in [1.54, 1.807) is 0 Å². The highest BCUT2D eigenvalue weighted by Gasteiger charge is 2.16. The summed E-state index contributed by atoms with van der Waals surface area (Å²) in [6.07, 6.45) is 0. The normalized spacial score (nSPS) is 11.8. The summed E-state index contributed by atoms with van der Waals surface area (Å²) in [7, 11) is 0. The number of hydrogen-bond acceptors (Lipinski definition) is 0. The second-order valence-corrected chi connectivity index (χ2v) is 12.6. The number of rotatable bonds is 4. The van der Waals surface area contributed by atoms with Crippen molar-refractivity contribution < 1.29 is 0 Å². The fourth-order valence-electron chi connectivity index (χ4n) is 7.62. The molecule has 0 fully saturated rings. The molecule has 2 heteroatoms. The third-order valence-electron chi connectivity index (χ3n) is 9.88. The molecule has 0 spiro atoms. The van der Waals surface area contributed by atoms with Crippen LogP contribution in [0.3, 0.4) is 0 Å². The summed E-state index contributed by atoms with van der Waals surface area (Å²) in [5, 5.41) is 7.52. The highest BCUT2D eigenvalue weighted by Crippen LogP contribution is 2.38. The first kappa shape index (κ1) is 26.8. The van der Waals surface area contributed by atoms with E-state index in [2.05, 4.69) is 191 Å². The van der Waals surface area contributed by atoms with Gasteiger partial charge in [0.25, 0.3) is 0 Å². The van der Waals surface area contributed by atoms with Gasteiger partial charge in [-0.1, -0.05) is 115 Å². The molecule has 0 saturated carbocycles. The van der Waals surface area contributed by atoms with E-state index >= 15 is 0 Å². The molecule has 0 saturated heterocycles. The molecule has 2 nitrogen and oxygen atoms in total. The van der Waals surface area contributed by atoms with Gasteiger partial charge in [0, 0.05) is 32.9 Å². The SMILES string of the molecule is c1ccc(-c2ccc3ccc(-n4c5ccccc5c5cc(-c6ccc7c(c6)c6ccccc6n7-c6ccccc6)ccc54)cc3c2)cc1. The molecule has 10 rings (SSSR count). The molecule has 0 amide bonds. The smallest absolute Gasteiger partial charge is 0.0541 e. The minimum atomic E-state index is 1.17. The first-order chi connectivity index (χ1) is 23.8. The number of hydrogen-bond donors (Lipinski definition) is 0. The lowest BCUT2D eigenvalue weighted by Crippen LogP contribution is -1.94. The second-order valence-electron chi connectivity index (χ2n) is 12.6. The van der Waals surface area contributed by atoms with Crippen molar-refractivity contribution in [1.29, 1.82) is 0 Å². The van der Waals surface area contributed by atoms with Gasteiger partial charge in [0.05, 0.1) is 22.1 Å². The van der Waals surface area contributed by atoms with Crippen LogP contribution in [0.2, 0.25) is 0 Å². The highest BCUT2D eigenvalue weighted by molar-refractivity contribution is 6.12. The summed E-state index contributed by atoms with van der Waals surface area (Å²) in [4.78, 5) is 0.